The second kappa shape index (κ2) is 9.09. The van der Waals surface area contributed by atoms with Crippen LogP contribution in [0.25, 0.3) is 0 Å². The highest BCUT2D eigenvalue weighted by Gasteiger charge is 2.31. The molecule has 0 spiro atoms. The van der Waals surface area contributed by atoms with E-state index in [1.165, 1.54) is 26.8 Å². The van der Waals surface area contributed by atoms with E-state index in [-0.39, 0.29) is 18.1 Å². The molecule has 1 fully saturated rings. The quantitative estimate of drug-likeness (QED) is 0.746. The Balaban J connectivity index is 1.88. The van der Waals surface area contributed by atoms with Gasteiger partial charge in [-0.05, 0) is 18.2 Å². The van der Waals surface area contributed by atoms with Crippen LogP contribution in [0.3, 0.4) is 0 Å². The van der Waals surface area contributed by atoms with Crippen molar-refractivity contribution in [3.63, 3.8) is 0 Å². The zero-order chi connectivity index (χ0) is 19.3. The molecular formula is C16H24ClFN4O3S. The Hall–Kier alpha value is -1.26. The van der Waals surface area contributed by atoms with Gasteiger partial charge in [0, 0.05) is 44.3 Å². The first-order valence-corrected chi connectivity index (χ1v) is 10.3. The molecule has 7 nitrogen and oxygen atoms in total. The molecular weight excluding hydrogens is 383 g/mol. The van der Waals surface area contributed by atoms with Crippen LogP contribution in [-0.4, -0.2) is 73.6 Å². The van der Waals surface area contributed by atoms with Crippen molar-refractivity contribution < 1.29 is 17.6 Å². The lowest BCUT2D eigenvalue weighted by Crippen LogP contribution is -2.54. The summed E-state index contributed by atoms with van der Waals surface area (Å²) >= 11 is 5.81. The zero-order valence-electron chi connectivity index (χ0n) is 14.9. The molecule has 0 saturated carbocycles. The maximum absolute atomic E-state index is 13.7. The largest absolute Gasteiger partial charge is 0.322 e. The number of carbonyl (C=O) groups is 1. The fraction of sp³-hybridized carbons (Fsp3) is 0.562. The van der Waals surface area contributed by atoms with Gasteiger partial charge in [0.05, 0.1) is 12.2 Å². The molecule has 0 unspecified atom stereocenters. The van der Waals surface area contributed by atoms with Gasteiger partial charge in [0.2, 0.25) is 5.91 Å². The predicted molar refractivity (Wildman–Crippen MR) is 99.9 cm³/mol. The second-order valence-electron chi connectivity index (χ2n) is 5.94. The summed E-state index contributed by atoms with van der Waals surface area (Å²) in [6.45, 7) is 6.02. The van der Waals surface area contributed by atoms with Crippen LogP contribution >= 0.6 is 11.6 Å². The summed E-state index contributed by atoms with van der Waals surface area (Å²) in [6.07, 6.45) is 0. The molecule has 2 rings (SSSR count). The number of piperazine rings is 1. The predicted octanol–water partition coefficient (Wildman–Crippen LogP) is 1.62. The number of carbonyl (C=O) groups excluding carboxylic acids is 1. The smallest absolute Gasteiger partial charge is 0.282 e. The summed E-state index contributed by atoms with van der Waals surface area (Å²) in [4.78, 5) is 14.0. The Morgan fingerprint density at radius 1 is 1.23 bits per heavy atom. The van der Waals surface area contributed by atoms with Crippen LogP contribution in [0, 0.1) is 5.82 Å². The number of amides is 1. The van der Waals surface area contributed by atoms with Crippen molar-refractivity contribution in [3.05, 3.63) is 29.0 Å². The van der Waals surface area contributed by atoms with Crippen LogP contribution in [0.5, 0.6) is 0 Å². The minimum absolute atomic E-state index is 0.0326. The van der Waals surface area contributed by atoms with Gasteiger partial charge >= 0.3 is 0 Å². The molecule has 1 amide bonds. The Morgan fingerprint density at radius 2 is 1.85 bits per heavy atom. The number of hydrogen-bond donors (Lipinski definition) is 1. The molecule has 146 valence electrons. The lowest BCUT2D eigenvalue weighted by atomic mass is 10.3. The minimum Gasteiger partial charge on any atom is -0.322 e. The average molecular weight is 407 g/mol. The Bertz CT molecular complexity index is 735. The summed E-state index contributed by atoms with van der Waals surface area (Å²) < 4.78 is 41.5. The molecule has 1 saturated heterocycles. The first-order chi connectivity index (χ1) is 12.3. The average Bonchev–Trinajstić information content (AvgIpc) is 2.59. The van der Waals surface area contributed by atoms with E-state index in [1.807, 2.05) is 4.90 Å². The number of hydrogen-bond acceptors (Lipinski definition) is 4. The molecule has 1 aliphatic rings. The lowest BCUT2D eigenvalue weighted by Gasteiger charge is -2.35. The molecule has 1 aromatic rings. The molecule has 10 heteroatoms. The van der Waals surface area contributed by atoms with E-state index >= 15 is 0 Å². The molecule has 0 atom stereocenters. The molecule has 0 radical (unpaired) electrons. The summed E-state index contributed by atoms with van der Waals surface area (Å²) in [7, 11) is -3.46. The van der Waals surface area contributed by atoms with Crippen LogP contribution in [-0.2, 0) is 15.0 Å². The van der Waals surface area contributed by atoms with Crippen molar-refractivity contribution in [2.75, 3.05) is 51.1 Å². The Labute approximate surface area is 158 Å². The number of nitrogens with one attached hydrogen (secondary N) is 1. The zero-order valence-corrected chi connectivity index (χ0v) is 16.5. The third-order valence-electron chi connectivity index (χ3n) is 4.26. The van der Waals surface area contributed by atoms with E-state index in [2.05, 4.69) is 5.32 Å². The second-order valence-corrected chi connectivity index (χ2v) is 8.30. The fourth-order valence-corrected chi connectivity index (χ4v) is 4.59. The van der Waals surface area contributed by atoms with Crippen LogP contribution in [0.4, 0.5) is 10.1 Å². The van der Waals surface area contributed by atoms with Crippen molar-refractivity contribution in [1.29, 1.82) is 0 Å². The lowest BCUT2D eigenvalue weighted by molar-refractivity contribution is -0.117. The maximum atomic E-state index is 13.7. The van der Waals surface area contributed by atoms with Crippen LogP contribution in [0.2, 0.25) is 5.02 Å². The van der Waals surface area contributed by atoms with Gasteiger partial charge in [-0.2, -0.15) is 17.0 Å². The summed E-state index contributed by atoms with van der Waals surface area (Å²) in [5.74, 6) is -0.927. The van der Waals surface area contributed by atoms with Crippen LogP contribution in [0.1, 0.15) is 13.8 Å². The molecule has 1 heterocycles. The number of rotatable bonds is 7. The van der Waals surface area contributed by atoms with E-state index < -0.39 is 16.0 Å². The van der Waals surface area contributed by atoms with Crippen molar-refractivity contribution in [2.45, 2.75) is 13.8 Å². The number of nitrogens with zero attached hydrogens (tertiary/aromatic N) is 3. The van der Waals surface area contributed by atoms with Gasteiger partial charge in [0.15, 0.2) is 0 Å². The maximum Gasteiger partial charge on any atom is 0.282 e. The van der Waals surface area contributed by atoms with Gasteiger partial charge in [-0.25, -0.2) is 4.39 Å². The highest BCUT2D eigenvalue weighted by Crippen LogP contribution is 2.19. The number of benzene rings is 1. The van der Waals surface area contributed by atoms with Gasteiger partial charge in [-0.1, -0.05) is 25.4 Å². The highest BCUT2D eigenvalue weighted by molar-refractivity contribution is 7.86. The number of anilines is 1. The third-order valence-corrected chi connectivity index (χ3v) is 6.68. The van der Waals surface area contributed by atoms with Gasteiger partial charge in [0.1, 0.15) is 5.82 Å². The topological polar surface area (TPSA) is 73.0 Å². The summed E-state index contributed by atoms with van der Waals surface area (Å²) in [5, 5.41) is 2.83. The van der Waals surface area contributed by atoms with Gasteiger partial charge in [0.25, 0.3) is 10.2 Å². The highest BCUT2D eigenvalue weighted by atomic mass is 35.5. The summed E-state index contributed by atoms with van der Waals surface area (Å²) in [6, 6.07) is 3.94. The monoisotopic (exact) mass is 406 g/mol. The van der Waals surface area contributed by atoms with E-state index in [0.29, 0.717) is 44.3 Å². The van der Waals surface area contributed by atoms with Crippen molar-refractivity contribution in [2.24, 2.45) is 0 Å². The molecule has 1 N–H and O–H groups in total. The molecule has 26 heavy (non-hydrogen) atoms. The Morgan fingerprint density at radius 3 is 2.42 bits per heavy atom. The van der Waals surface area contributed by atoms with Gasteiger partial charge in [-0.15, -0.1) is 0 Å². The fourth-order valence-electron chi connectivity index (χ4n) is 2.82. The van der Waals surface area contributed by atoms with E-state index in [9.17, 15) is 17.6 Å². The molecule has 1 aromatic carbocycles. The standard InChI is InChI=1S/C16H24ClFN4O3S/c1-3-21(4-2)26(24,25)22-9-7-20(8-10-22)12-16(23)19-15-11-13(17)5-6-14(15)18/h5-6,11H,3-4,7-10,12H2,1-2H3,(H,19,23). The van der Waals surface area contributed by atoms with Crippen molar-refractivity contribution in [1.82, 2.24) is 13.5 Å². The van der Waals surface area contributed by atoms with Crippen molar-refractivity contribution in [3.8, 4) is 0 Å². The normalized spacial score (nSPS) is 16.8. The van der Waals surface area contributed by atoms with Crippen LogP contribution in [0.15, 0.2) is 18.2 Å². The number of halogens is 2. The van der Waals surface area contributed by atoms with E-state index in [1.54, 1.807) is 13.8 Å². The third kappa shape index (κ3) is 5.14. The Kier molecular flexibility index (Phi) is 7.36. The molecule has 1 aliphatic heterocycles. The summed E-state index contributed by atoms with van der Waals surface area (Å²) in [5.41, 5.74) is 0.0326. The molecule has 0 bridgehead atoms. The molecule has 0 aliphatic carbocycles. The first kappa shape index (κ1) is 21.0. The SMILES string of the molecule is CCN(CC)S(=O)(=O)N1CCN(CC(=O)Nc2cc(Cl)ccc2F)CC1. The first-order valence-electron chi connectivity index (χ1n) is 8.50. The van der Waals surface area contributed by atoms with Gasteiger partial charge in [-0.3, -0.25) is 9.69 Å². The minimum atomic E-state index is -3.46. The van der Waals surface area contributed by atoms with Crippen molar-refractivity contribution >= 4 is 33.4 Å². The molecule has 0 aromatic heterocycles. The van der Waals surface area contributed by atoms with E-state index in [4.69, 9.17) is 11.6 Å². The van der Waals surface area contributed by atoms with Crippen LogP contribution < -0.4 is 5.32 Å². The van der Waals surface area contributed by atoms with E-state index in [0.717, 1.165) is 0 Å². The van der Waals surface area contributed by atoms with Gasteiger partial charge < -0.3 is 5.32 Å².